The first-order chi connectivity index (χ1) is 26.0. The number of rotatable bonds is 20. The van der Waals surface area contributed by atoms with Crippen LogP contribution in [0.1, 0.15) is 110 Å². The van der Waals surface area contributed by atoms with Gasteiger partial charge in [0.25, 0.3) is 20.2 Å². The van der Waals surface area contributed by atoms with Crippen molar-refractivity contribution in [2.75, 3.05) is 30.3 Å². The van der Waals surface area contributed by atoms with Gasteiger partial charge in [-0.3, -0.25) is 18.7 Å². The summed E-state index contributed by atoms with van der Waals surface area (Å²) < 4.78 is 74.7. The quantitative estimate of drug-likeness (QED) is 0.0634. The average Bonchev–Trinajstić information content (AvgIpc) is 3.43. The minimum absolute atomic E-state index is 0.0757. The van der Waals surface area contributed by atoms with E-state index in [0.717, 1.165) is 39.5 Å². The van der Waals surface area contributed by atoms with E-state index in [1.807, 2.05) is 65.0 Å². The van der Waals surface area contributed by atoms with Gasteiger partial charge in [0, 0.05) is 73.5 Å². The van der Waals surface area contributed by atoms with E-state index in [0.29, 0.717) is 58.3 Å². The number of nitrogens with one attached hydrogen (secondary N) is 1. The topological polar surface area (TPSA) is 191 Å². The summed E-state index contributed by atoms with van der Waals surface area (Å²) in [4.78, 5) is 25.7. The van der Waals surface area contributed by atoms with Crippen LogP contribution >= 0.6 is 0 Å². The first-order valence-electron chi connectivity index (χ1n) is 19.1. The van der Waals surface area contributed by atoms with Crippen LogP contribution in [0.2, 0.25) is 0 Å². The van der Waals surface area contributed by atoms with Crippen molar-refractivity contribution in [1.29, 1.82) is 0 Å². The third-order valence-corrected chi connectivity index (χ3v) is 12.3. The number of carbonyl (C=O) groups excluding carboxylic acids is 1. The molecule has 2 aromatic rings. The minimum Gasteiger partial charge on any atom is -0.481 e. The van der Waals surface area contributed by atoms with Crippen molar-refractivity contribution in [3.63, 3.8) is 0 Å². The predicted octanol–water partition coefficient (Wildman–Crippen LogP) is 6.68. The van der Waals surface area contributed by atoms with E-state index in [9.17, 15) is 35.5 Å². The van der Waals surface area contributed by atoms with E-state index in [1.165, 1.54) is 12.1 Å². The maximum absolute atomic E-state index is 12.7. The number of carbonyl (C=O) groups is 2. The average molecular weight is 817 g/mol. The second-order valence-electron chi connectivity index (χ2n) is 16.2. The molecule has 2 aliphatic heterocycles. The molecular formula is C41H58N3O10S2+. The van der Waals surface area contributed by atoms with Crippen molar-refractivity contribution in [2.24, 2.45) is 0 Å². The van der Waals surface area contributed by atoms with Crippen LogP contribution in [-0.4, -0.2) is 84.3 Å². The molecule has 0 saturated carbocycles. The van der Waals surface area contributed by atoms with Gasteiger partial charge in [0.15, 0.2) is 5.71 Å². The molecule has 4 N–H and O–H groups in total. The Bertz CT molecular complexity index is 2120. The Morgan fingerprint density at radius 3 is 2.29 bits per heavy atom. The van der Waals surface area contributed by atoms with Crippen LogP contribution in [0.25, 0.3) is 0 Å². The smallest absolute Gasteiger partial charge is 0.303 e. The number of carboxylic acids is 1. The number of allylic oxidation sites excluding steroid dienone is 4. The van der Waals surface area contributed by atoms with Gasteiger partial charge < -0.3 is 20.1 Å². The molecule has 56 heavy (non-hydrogen) atoms. The van der Waals surface area contributed by atoms with Crippen molar-refractivity contribution in [2.45, 2.75) is 121 Å². The Morgan fingerprint density at radius 1 is 0.929 bits per heavy atom. The number of aliphatic carboxylic acids is 1. The molecular weight excluding hydrogens is 759 g/mol. The predicted molar refractivity (Wildman–Crippen MR) is 217 cm³/mol. The van der Waals surface area contributed by atoms with Crippen LogP contribution in [0, 0.1) is 0 Å². The SMILES string of the molecule is CCOC(C)(C)CCC(=O)NCc1ccc2c(c1)C(C)(C)C(=CC=CC1=[N+](CCCCCC(=O)O)c3ccc(S(=O)(=O)O)cc3C1(C)C)N2CCCS(=O)(=O)O. The van der Waals surface area contributed by atoms with Crippen LogP contribution in [0.3, 0.4) is 0 Å². The molecule has 13 nitrogen and oxygen atoms in total. The number of carboxylic acid groups (broad SMARTS) is 1. The Morgan fingerprint density at radius 2 is 1.64 bits per heavy atom. The fourth-order valence-corrected chi connectivity index (χ4v) is 8.65. The van der Waals surface area contributed by atoms with Crippen LogP contribution < -0.4 is 10.2 Å². The maximum atomic E-state index is 12.7. The number of hydrogen-bond acceptors (Lipinski definition) is 8. The summed E-state index contributed by atoms with van der Waals surface area (Å²) in [6, 6.07) is 10.5. The van der Waals surface area contributed by atoms with Gasteiger partial charge >= 0.3 is 5.97 Å². The molecule has 4 rings (SSSR count). The van der Waals surface area contributed by atoms with E-state index in [1.54, 1.807) is 6.07 Å². The molecule has 0 saturated heterocycles. The van der Waals surface area contributed by atoms with Crippen LogP contribution in [0.5, 0.6) is 0 Å². The van der Waals surface area contributed by atoms with Crippen LogP contribution in [0.15, 0.2) is 65.2 Å². The molecule has 2 aromatic carbocycles. The standard InChI is InChI=1S/C41H57N3O10S2/c1-8-54-39(2,3)22-21-37(45)42-28-29-17-19-33-31(26-29)40(4,5)35(44(33)24-13-25-55(48,49)50)14-12-15-36-41(6,7)32-27-30(56(51,52)53)18-20-34(32)43(36)23-11-9-10-16-38(46)47/h12,14-15,17-20,26-27H,8-11,13,16,21-25,28H2,1-7H3,(H3-,42,45,46,47,48,49,50,51,52,53)/p+1. The lowest BCUT2D eigenvalue weighted by atomic mass is 9.81. The lowest BCUT2D eigenvalue weighted by molar-refractivity contribution is -0.438. The summed E-state index contributed by atoms with van der Waals surface area (Å²) in [7, 11) is -8.63. The van der Waals surface area contributed by atoms with Crippen molar-refractivity contribution in [3.8, 4) is 0 Å². The Labute approximate surface area is 332 Å². The molecule has 15 heteroatoms. The second kappa shape index (κ2) is 17.7. The summed E-state index contributed by atoms with van der Waals surface area (Å²) in [5, 5.41) is 12.1. The first kappa shape index (κ1) is 44.8. The van der Waals surface area contributed by atoms with Crippen molar-refractivity contribution < 1.29 is 49.9 Å². The third-order valence-electron chi connectivity index (χ3n) is 10.7. The maximum Gasteiger partial charge on any atom is 0.303 e. The number of ether oxygens (including phenoxy) is 1. The number of nitrogens with zero attached hydrogens (tertiary/aromatic N) is 2. The van der Waals surface area contributed by atoms with E-state index in [2.05, 4.69) is 34.7 Å². The lowest BCUT2D eigenvalue weighted by Gasteiger charge is -2.27. The molecule has 0 bridgehead atoms. The summed E-state index contributed by atoms with van der Waals surface area (Å²) in [6.45, 7) is 15.7. The largest absolute Gasteiger partial charge is 0.481 e. The van der Waals surface area contributed by atoms with Gasteiger partial charge in [-0.25, -0.2) is 0 Å². The highest BCUT2D eigenvalue weighted by Gasteiger charge is 2.45. The molecule has 0 atom stereocenters. The minimum atomic E-state index is -4.45. The molecule has 0 radical (unpaired) electrons. The molecule has 1 amide bonds. The number of amides is 1. The summed E-state index contributed by atoms with van der Waals surface area (Å²) in [5.41, 5.74) is 4.47. The van der Waals surface area contributed by atoms with Gasteiger partial charge in [-0.05, 0) is 95.7 Å². The molecule has 0 aromatic heterocycles. The molecule has 0 aliphatic carbocycles. The van der Waals surface area contributed by atoms with Crippen LogP contribution in [0.4, 0.5) is 11.4 Å². The molecule has 0 fully saturated rings. The van der Waals surface area contributed by atoms with Crippen LogP contribution in [-0.2, 0) is 51.9 Å². The Balaban J connectivity index is 1.68. The Kier molecular flexibility index (Phi) is 14.2. The number of anilines is 1. The van der Waals surface area contributed by atoms with E-state index >= 15 is 0 Å². The molecule has 2 heterocycles. The van der Waals surface area contributed by atoms with Crippen molar-refractivity contribution in [3.05, 3.63) is 77.0 Å². The highest BCUT2D eigenvalue weighted by atomic mass is 32.2. The summed E-state index contributed by atoms with van der Waals surface area (Å²) >= 11 is 0. The summed E-state index contributed by atoms with van der Waals surface area (Å²) in [5.74, 6) is -1.32. The summed E-state index contributed by atoms with van der Waals surface area (Å²) in [6.07, 6.45) is 8.96. The fourth-order valence-electron chi connectivity index (χ4n) is 7.65. The highest BCUT2D eigenvalue weighted by molar-refractivity contribution is 7.86. The molecule has 0 spiro atoms. The number of hydrogen-bond donors (Lipinski definition) is 4. The zero-order valence-electron chi connectivity index (χ0n) is 33.6. The normalized spacial score (nSPS) is 17.2. The number of unbranched alkanes of at least 4 members (excludes halogenated alkanes) is 2. The van der Waals surface area contributed by atoms with Gasteiger partial charge in [-0.15, -0.1) is 0 Å². The second-order valence-corrected chi connectivity index (χ2v) is 19.2. The number of benzene rings is 2. The van der Waals surface area contributed by atoms with Crippen molar-refractivity contribution >= 4 is 49.2 Å². The van der Waals surface area contributed by atoms with E-state index in [-0.39, 0.29) is 23.6 Å². The number of fused-ring (bicyclic) bond motifs is 2. The molecule has 2 aliphatic rings. The van der Waals surface area contributed by atoms with E-state index in [4.69, 9.17) is 9.84 Å². The van der Waals surface area contributed by atoms with E-state index < -0.39 is 48.4 Å². The zero-order chi connectivity index (χ0) is 41.7. The highest BCUT2D eigenvalue weighted by Crippen LogP contribution is 2.48. The molecule has 308 valence electrons. The first-order valence-corrected chi connectivity index (χ1v) is 22.2. The molecule has 0 unspecified atom stereocenters. The monoisotopic (exact) mass is 816 g/mol. The lowest BCUT2D eigenvalue weighted by Crippen LogP contribution is -2.29. The third kappa shape index (κ3) is 11.2. The van der Waals surface area contributed by atoms with Crippen molar-refractivity contribution in [1.82, 2.24) is 5.32 Å². The van der Waals surface area contributed by atoms with Gasteiger partial charge in [0.2, 0.25) is 11.6 Å². The van der Waals surface area contributed by atoms with Gasteiger partial charge in [-0.1, -0.05) is 32.1 Å². The van der Waals surface area contributed by atoms with Gasteiger partial charge in [0.05, 0.1) is 21.7 Å². The zero-order valence-corrected chi connectivity index (χ0v) is 35.2. The van der Waals surface area contributed by atoms with Gasteiger partial charge in [-0.2, -0.15) is 21.4 Å². The fraction of sp³-hybridized carbons (Fsp3) is 0.537. The Hall–Kier alpha value is -3.89. The van der Waals surface area contributed by atoms with Gasteiger partial charge in [0.1, 0.15) is 6.54 Å².